The first-order valence-corrected chi connectivity index (χ1v) is 8.61. The van der Waals surface area contributed by atoms with Crippen molar-refractivity contribution in [3.8, 4) is 0 Å². The van der Waals surface area contributed by atoms with Crippen molar-refractivity contribution < 1.29 is 23.2 Å². The molecule has 26 heavy (non-hydrogen) atoms. The Hall–Kier alpha value is -2.35. The topological polar surface area (TPSA) is 92.5 Å². The van der Waals surface area contributed by atoms with Crippen molar-refractivity contribution in [3.63, 3.8) is 0 Å². The second-order valence-electron chi connectivity index (χ2n) is 6.91. The van der Waals surface area contributed by atoms with Gasteiger partial charge in [-0.25, -0.2) is 8.78 Å². The minimum atomic E-state index is -2.74. The molecule has 1 heterocycles. The third kappa shape index (κ3) is 3.09. The summed E-state index contributed by atoms with van der Waals surface area (Å²) in [6.07, 6.45) is -0.189. The second-order valence-corrected chi connectivity index (χ2v) is 6.91. The van der Waals surface area contributed by atoms with Crippen LogP contribution in [0.1, 0.15) is 66.1 Å². The Morgan fingerprint density at radius 3 is 2.65 bits per heavy atom. The molecule has 2 aliphatic rings. The lowest BCUT2D eigenvalue weighted by Gasteiger charge is -2.25. The largest absolute Gasteiger partial charge is 0.322 e. The van der Waals surface area contributed by atoms with E-state index in [1.165, 1.54) is 11.0 Å². The Morgan fingerprint density at radius 2 is 2.12 bits per heavy atom. The molecule has 0 bridgehead atoms. The average molecular weight is 365 g/mol. The molecule has 1 saturated carbocycles. The Bertz CT molecular complexity index is 762. The zero-order chi connectivity index (χ0) is 19.1. The van der Waals surface area contributed by atoms with Crippen LogP contribution >= 0.6 is 0 Å². The van der Waals surface area contributed by atoms with Gasteiger partial charge in [-0.2, -0.15) is 0 Å². The molecule has 1 aliphatic carbocycles. The molecular formula is C18H21F2N3O3. The van der Waals surface area contributed by atoms with Crippen LogP contribution < -0.4 is 11.1 Å². The van der Waals surface area contributed by atoms with Crippen LogP contribution in [0.4, 0.5) is 8.78 Å². The number of carbonyl (C=O) groups excluding carboxylic acids is 3. The summed E-state index contributed by atoms with van der Waals surface area (Å²) in [6.45, 7) is 1.76. The molecule has 1 aromatic carbocycles. The quantitative estimate of drug-likeness (QED) is 0.723. The second kappa shape index (κ2) is 6.75. The molecule has 1 aromatic rings. The zero-order valence-corrected chi connectivity index (χ0v) is 14.4. The standard InChI is InChI=1S/C18H21F2N3O3/c1-2-3-14(16(25)22-9-24)23-8-13-11(15(19)20)6-10(18(21)4-5-18)7-12(13)17(23)26/h6-7,9,14-15H,2-5,8,21H2,1H3,(H,22,24,25). The summed E-state index contributed by atoms with van der Waals surface area (Å²) in [6, 6.07) is 2.08. The average Bonchev–Trinajstić information content (AvgIpc) is 3.27. The molecule has 0 spiro atoms. The Labute approximate surface area is 149 Å². The predicted molar refractivity (Wildman–Crippen MR) is 89.3 cm³/mol. The molecule has 8 heteroatoms. The van der Waals surface area contributed by atoms with E-state index in [1.54, 1.807) is 6.07 Å². The molecule has 0 aromatic heterocycles. The Morgan fingerprint density at radius 1 is 1.42 bits per heavy atom. The van der Waals surface area contributed by atoms with Crippen molar-refractivity contribution in [2.75, 3.05) is 0 Å². The van der Waals surface area contributed by atoms with Crippen LogP contribution in [0.15, 0.2) is 12.1 Å². The van der Waals surface area contributed by atoms with Crippen LogP contribution in [0.5, 0.6) is 0 Å². The van der Waals surface area contributed by atoms with Gasteiger partial charge in [0.1, 0.15) is 6.04 Å². The van der Waals surface area contributed by atoms with Gasteiger partial charge < -0.3 is 10.6 Å². The van der Waals surface area contributed by atoms with Crippen LogP contribution in [-0.4, -0.2) is 29.2 Å². The van der Waals surface area contributed by atoms with Gasteiger partial charge in [-0.1, -0.05) is 13.3 Å². The van der Waals surface area contributed by atoms with Crippen LogP contribution in [0.3, 0.4) is 0 Å². The van der Waals surface area contributed by atoms with Crippen LogP contribution in [-0.2, 0) is 21.7 Å². The fourth-order valence-electron chi connectivity index (χ4n) is 3.47. The Kier molecular flexibility index (Phi) is 4.79. The van der Waals surface area contributed by atoms with E-state index in [9.17, 15) is 23.2 Å². The van der Waals surface area contributed by atoms with Gasteiger partial charge in [-0.05, 0) is 42.5 Å². The van der Waals surface area contributed by atoms with Crippen molar-refractivity contribution >= 4 is 18.2 Å². The van der Waals surface area contributed by atoms with Crippen LogP contribution in [0.25, 0.3) is 0 Å². The normalized spacial score (nSPS) is 18.7. The highest BCUT2D eigenvalue weighted by Gasteiger charge is 2.44. The fourth-order valence-corrected chi connectivity index (χ4v) is 3.47. The van der Waals surface area contributed by atoms with Crippen molar-refractivity contribution in [1.82, 2.24) is 10.2 Å². The Balaban J connectivity index is 2.00. The van der Waals surface area contributed by atoms with Crippen LogP contribution in [0, 0.1) is 0 Å². The van der Waals surface area contributed by atoms with Crippen molar-refractivity contribution in [1.29, 1.82) is 0 Å². The molecule has 1 fully saturated rings. The predicted octanol–water partition coefficient (Wildman–Crippen LogP) is 1.97. The number of hydrogen-bond donors (Lipinski definition) is 2. The highest BCUT2D eigenvalue weighted by Crippen LogP contribution is 2.45. The smallest absolute Gasteiger partial charge is 0.264 e. The lowest BCUT2D eigenvalue weighted by atomic mass is 9.95. The van der Waals surface area contributed by atoms with Gasteiger partial charge in [0.15, 0.2) is 0 Å². The van der Waals surface area contributed by atoms with Gasteiger partial charge in [0.2, 0.25) is 12.3 Å². The van der Waals surface area contributed by atoms with E-state index < -0.39 is 29.8 Å². The number of halogens is 2. The number of alkyl halides is 2. The summed E-state index contributed by atoms with van der Waals surface area (Å²) < 4.78 is 27.2. The molecule has 3 amide bonds. The first-order valence-electron chi connectivity index (χ1n) is 8.61. The number of carbonyl (C=O) groups is 3. The van der Waals surface area contributed by atoms with Crippen molar-refractivity contribution in [2.45, 2.75) is 57.2 Å². The molecule has 1 unspecified atom stereocenters. The van der Waals surface area contributed by atoms with Crippen molar-refractivity contribution in [2.24, 2.45) is 5.73 Å². The molecular weight excluding hydrogens is 344 g/mol. The number of rotatable bonds is 7. The van der Waals surface area contributed by atoms with E-state index in [0.29, 0.717) is 31.2 Å². The number of benzene rings is 1. The van der Waals surface area contributed by atoms with Crippen LogP contribution in [0.2, 0.25) is 0 Å². The summed E-state index contributed by atoms with van der Waals surface area (Å²) in [5, 5.41) is 2.06. The highest BCUT2D eigenvalue weighted by atomic mass is 19.3. The van der Waals surface area contributed by atoms with Gasteiger partial charge in [0.25, 0.3) is 12.3 Å². The van der Waals surface area contributed by atoms with E-state index in [2.05, 4.69) is 5.32 Å². The molecule has 1 aliphatic heterocycles. The number of imide groups is 1. The van der Waals surface area contributed by atoms with Gasteiger partial charge in [-0.3, -0.25) is 19.7 Å². The SMILES string of the molecule is CCCC(C(=O)NC=O)N1Cc2c(cc(C3(N)CC3)cc2C(F)F)C1=O. The summed E-state index contributed by atoms with van der Waals surface area (Å²) in [5.74, 6) is -1.09. The summed E-state index contributed by atoms with van der Waals surface area (Å²) in [5.41, 5.74) is 6.22. The molecule has 3 rings (SSSR count). The van der Waals surface area contributed by atoms with Gasteiger partial charge in [0.05, 0.1) is 0 Å². The van der Waals surface area contributed by atoms with Gasteiger partial charge in [-0.15, -0.1) is 0 Å². The molecule has 3 N–H and O–H groups in total. The van der Waals surface area contributed by atoms with Gasteiger partial charge in [0, 0.05) is 23.2 Å². The van der Waals surface area contributed by atoms with E-state index in [0.717, 1.165) is 0 Å². The maximum atomic E-state index is 13.6. The number of nitrogens with two attached hydrogens (primary N) is 1. The van der Waals surface area contributed by atoms with E-state index in [4.69, 9.17) is 5.73 Å². The monoisotopic (exact) mass is 365 g/mol. The number of nitrogens with one attached hydrogen (secondary N) is 1. The number of amides is 3. The maximum absolute atomic E-state index is 13.6. The van der Waals surface area contributed by atoms with E-state index in [-0.39, 0.29) is 29.6 Å². The minimum Gasteiger partial charge on any atom is -0.322 e. The van der Waals surface area contributed by atoms with E-state index in [1.807, 2.05) is 6.92 Å². The first kappa shape index (κ1) is 18.4. The van der Waals surface area contributed by atoms with Crippen molar-refractivity contribution in [3.05, 3.63) is 34.4 Å². The minimum absolute atomic E-state index is 0.0807. The molecule has 6 nitrogen and oxygen atoms in total. The lowest BCUT2D eigenvalue weighted by Crippen LogP contribution is -2.46. The third-order valence-corrected chi connectivity index (χ3v) is 5.15. The van der Waals surface area contributed by atoms with Gasteiger partial charge >= 0.3 is 0 Å². The first-order chi connectivity index (χ1) is 12.3. The highest BCUT2D eigenvalue weighted by molar-refractivity contribution is 6.02. The molecule has 1 atom stereocenters. The lowest BCUT2D eigenvalue weighted by molar-refractivity contribution is -0.129. The molecule has 0 radical (unpaired) electrons. The number of fused-ring (bicyclic) bond motifs is 1. The molecule has 0 saturated heterocycles. The van der Waals surface area contributed by atoms with E-state index >= 15 is 0 Å². The fraction of sp³-hybridized carbons (Fsp3) is 0.500. The number of nitrogens with zero attached hydrogens (tertiary/aromatic N) is 1. The summed E-state index contributed by atoms with van der Waals surface area (Å²) >= 11 is 0. The zero-order valence-electron chi connectivity index (χ0n) is 14.4. The maximum Gasteiger partial charge on any atom is 0.264 e. The molecule has 140 valence electrons. The summed E-state index contributed by atoms with van der Waals surface area (Å²) in [4.78, 5) is 36.9. The third-order valence-electron chi connectivity index (χ3n) is 5.15. The number of hydrogen-bond acceptors (Lipinski definition) is 4. The summed E-state index contributed by atoms with van der Waals surface area (Å²) in [7, 11) is 0.